The smallest absolute Gasteiger partial charge is 1.00 e. The fraction of sp³-hybridized carbons (Fsp3) is 0.286. The Labute approximate surface area is 419 Å². The number of hydrogen-bond donors (Lipinski definition) is 0. The van der Waals surface area contributed by atoms with Crippen molar-refractivity contribution < 1.29 is 70.8 Å². The molecule has 0 nitrogen and oxygen atoms in total. The van der Waals surface area contributed by atoms with Gasteiger partial charge in [-0.25, -0.2) is 0 Å². The van der Waals surface area contributed by atoms with Crippen LogP contribution >= 0.6 is 0 Å². The first-order chi connectivity index (χ1) is 29.1. The van der Waals surface area contributed by atoms with E-state index in [4.69, 9.17) is 0 Å². The van der Waals surface area contributed by atoms with Gasteiger partial charge in [-0.15, -0.1) is 95.1 Å². The number of benzene rings is 4. The molecule has 0 spiro atoms. The van der Waals surface area contributed by atoms with E-state index in [0.717, 1.165) is 51.4 Å². The van der Waals surface area contributed by atoms with Crippen LogP contribution < -0.4 is 24.8 Å². The quantitative estimate of drug-likeness (QED) is 0.122. The maximum absolute atomic E-state index is 3.33. The van der Waals surface area contributed by atoms with Crippen molar-refractivity contribution in [2.75, 3.05) is 0 Å². The molecular formula is C56H64Cl2Hf2Si2-2. The van der Waals surface area contributed by atoms with Crippen molar-refractivity contribution in [2.24, 2.45) is 0 Å². The molecule has 0 N–H and O–H groups in total. The molecule has 0 fully saturated rings. The molecule has 0 heterocycles. The van der Waals surface area contributed by atoms with Crippen LogP contribution in [-0.2, 0) is 71.7 Å². The van der Waals surface area contributed by atoms with E-state index in [0.29, 0.717) is 0 Å². The predicted molar refractivity (Wildman–Crippen MR) is 260 cm³/mol. The third-order valence-corrected chi connectivity index (χ3v) is 9.36. The summed E-state index contributed by atoms with van der Waals surface area (Å²) in [6.45, 7) is 18.0. The van der Waals surface area contributed by atoms with Gasteiger partial charge in [-0.05, 0) is 25.7 Å². The molecule has 4 aromatic carbocycles. The maximum Gasteiger partial charge on any atom is -1.00 e. The van der Waals surface area contributed by atoms with Crippen molar-refractivity contribution in [2.45, 2.75) is 105 Å². The molecule has 0 saturated heterocycles. The Morgan fingerprint density at radius 2 is 0.581 bits per heavy atom. The van der Waals surface area contributed by atoms with Crippen molar-refractivity contribution >= 4 is 33.3 Å². The van der Waals surface area contributed by atoms with E-state index in [1.807, 2.05) is 0 Å². The molecule has 0 aromatic heterocycles. The largest absolute Gasteiger partial charge is 1.00 e. The van der Waals surface area contributed by atoms with Gasteiger partial charge >= 0.3 is 83.2 Å². The molecule has 4 aromatic rings. The standard InChI is InChI=1S/4C13H13.2C2H6Si.2ClH.2Hf/c4*1-2-11-6-5-9-13(10-11)12-7-3-4-8-12;2*1-3-2;;;;/h4*3,5-7,9-10H,2,4H2,1H3;2*1-2H3;2*1H;;/q4*-1;;;;;2*+2/p-2. The molecule has 4 aliphatic rings. The molecule has 0 amide bonds. The molecule has 0 radical (unpaired) electrons. The molecule has 320 valence electrons. The van der Waals surface area contributed by atoms with Crippen molar-refractivity contribution in [1.29, 1.82) is 0 Å². The number of rotatable bonds is 8. The normalized spacial score (nSPS) is 13.2. The van der Waals surface area contributed by atoms with Gasteiger partial charge in [0.2, 0.25) is 0 Å². The second-order valence-electron chi connectivity index (χ2n) is 15.0. The molecule has 0 bridgehead atoms. The fourth-order valence-electron chi connectivity index (χ4n) is 6.25. The molecule has 62 heavy (non-hydrogen) atoms. The maximum atomic E-state index is 3.33. The van der Waals surface area contributed by atoms with Gasteiger partial charge in [-0.3, -0.25) is 0 Å². The van der Waals surface area contributed by atoms with Crippen molar-refractivity contribution in [1.82, 2.24) is 0 Å². The summed E-state index contributed by atoms with van der Waals surface area (Å²) >= 11 is 2.90. The van der Waals surface area contributed by atoms with Gasteiger partial charge in [0.25, 0.3) is 0 Å². The average molecular weight is 1220 g/mol. The SMILES string of the molecule is CCc1cccc(C2=[C-]CC=C2)c1.CCc1cccc(C2=[C-]CC=C2)c1.CCc1cccc(C2=[C-]CC=C2)c1.CCc1cccc(C2=[C-]CC=C2)c1.C[Si](C)=[Hf+2].C[Si](C)=[Hf+2].[Cl-].[Cl-]. The van der Waals surface area contributed by atoms with Crippen LogP contribution in [0.3, 0.4) is 0 Å². The van der Waals surface area contributed by atoms with Crippen molar-refractivity contribution in [3.8, 4) is 0 Å². The van der Waals surface area contributed by atoms with E-state index in [1.54, 1.807) is 0 Å². The molecule has 4 aliphatic carbocycles. The zero-order chi connectivity index (χ0) is 43.5. The zero-order valence-electron chi connectivity index (χ0n) is 38.3. The Bertz CT molecular complexity index is 1940. The zero-order valence-corrected chi connectivity index (χ0v) is 49.0. The van der Waals surface area contributed by atoms with Crippen LogP contribution in [0.5, 0.6) is 0 Å². The summed E-state index contributed by atoms with van der Waals surface area (Å²) in [6.07, 6.45) is 38.8. The third kappa shape index (κ3) is 23.0. The molecule has 6 heteroatoms. The van der Waals surface area contributed by atoms with E-state index in [9.17, 15) is 0 Å². The minimum absolute atomic E-state index is 0. The summed E-state index contributed by atoms with van der Waals surface area (Å²) in [7, 11) is 0. The van der Waals surface area contributed by atoms with Crippen LogP contribution in [0.15, 0.2) is 146 Å². The number of allylic oxidation sites excluding steroid dienone is 16. The molecule has 0 atom stereocenters. The van der Waals surface area contributed by atoms with Gasteiger partial charge in [0.15, 0.2) is 0 Å². The first kappa shape index (κ1) is 57.6. The molecule has 8 rings (SSSR count). The second kappa shape index (κ2) is 34.0. The summed E-state index contributed by atoms with van der Waals surface area (Å²) in [6, 6.07) is 34.7. The third-order valence-electron chi connectivity index (χ3n) is 9.36. The predicted octanol–water partition coefficient (Wildman–Crippen LogP) is 9.16. The number of aryl methyl sites for hydroxylation is 4. The van der Waals surface area contributed by atoms with Crippen LogP contribution in [0.2, 0.25) is 26.2 Å². The molecule has 0 saturated carbocycles. The Morgan fingerprint density at radius 1 is 0.387 bits per heavy atom. The summed E-state index contributed by atoms with van der Waals surface area (Å²) in [5.41, 5.74) is 16.3. The average Bonchev–Trinajstić information content (AvgIpc) is 4.13. The Hall–Kier alpha value is -2.45. The summed E-state index contributed by atoms with van der Waals surface area (Å²) < 4.78 is 0. The van der Waals surface area contributed by atoms with Crippen molar-refractivity contribution in [3.05, 3.63) is 214 Å². The molecule has 0 unspecified atom stereocenters. The second-order valence-corrected chi connectivity index (χ2v) is 40.6. The Kier molecular flexibility index (Phi) is 31.6. The first-order valence-electron chi connectivity index (χ1n) is 21.6. The Morgan fingerprint density at radius 3 is 0.726 bits per heavy atom. The van der Waals surface area contributed by atoms with E-state index < -0.39 is 0 Å². The van der Waals surface area contributed by atoms with Gasteiger partial charge in [0.1, 0.15) is 0 Å². The summed E-state index contributed by atoms with van der Waals surface area (Å²) in [5.74, 6) is 0. The van der Waals surface area contributed by atoms with E-state index in [1.165, 1.54) is 113 Å². The molecular weight excluding hydrogens is 1160 g/mol. The Balaban J connectivity index is 0.000000386. The monoisotopic (exact) mass is 1220 g/mol. The topological polar surface area (TPSA) is 0 Å². The van der Waals surface area contributed by atoms with Crippen molar-refractivity contribution in [3.63, 3.8) is 0 Å². The minimum atomic E-state index is 0. The summed E-state index contributed by atoms with van der Waals surface area (Å²) in [4.78, 5) is 0. The van der Waals surface area contributed by atoms with E-state index in [2.05, 4.69) is 224 Å². The first-order valence-corrected chi connectivity index (χ1v) is 37.3. The molecule has 0 aliphatic heterocycles. The van der Waals surface area contributed by atoms with Gasteiger partial charge < -0.3 is 24.8 Å². The van der Waals surface area contributed by atoms with Crippen LogP contribution in [0.25, 0.3) is 22.3 Å². The van der Waals surface area contributed by atoms with Crippen LogP contribution in [-0.4, -0.2) is 11.0 Å². The van der Waals surface area contributed by atoms with Gasteiger partial charge in [-0.2, -0.15) is 70.9 Å². The van der Waals surface area contributed by atoms with E-state index in [-0.39, 0.29) is 35.8 Å². The van der Waals surface area contributed by atoms with Gasteiger partial charge in [0.05, 0.1) is 0 Å². The number of halogens is 2. The fourth-order valence-corrected chi connectivity index (χ4v) is 6.25. The minimum Gasteiger partial charge on any atom is -1.00 e. The van der Waals surface area contributed by atoms with Crippen LogP contribution in [0.1, 0.15) is 97.9 Å². The van der Waals surface area contributed by atoms with Gasteiger partial charge in [-0.1, -0.05) is 124 Å². The van der Waals surface area contributed by atoms with E-state index >= 15 is 0 Å². The van der Waals surface area contributed by atoms with Gasteiger partial charge in [0, 0.05) is 0 Å². The summed E-state index contributed by atoms with van der Waals surface area (Å²) in [5, 5.41) is 0. The number of hydrogen-bond acceptors (Lipinski definition) is 0. The van der Waals surface area contributed by atoms with Crippen LogP contribution in [0, 0.1) is 24.3 Å². The van der Waals surface area contributed by atoms with Crippen LogP contribution in [0.4, 0.5) is 0 Å².